The number of carbonyl (C=O) groups excluding carboxylic acids is 4. The second kappa shape index (κ2) is 16.1. The first kappa shape index (κ1) is 37.0. The summed E-state index contributed by atoms with van der Waals surface area (Å²) < 4.78 is 38.0. The van der Waals surface area contributed by atoms with Gasteiger partial charge in [0, 0.05) is 33.4 Å². The highest BCUT2D eigenvalue weighted by molar-refractivity contribution is 5.92. The number of halogens is 1. The summed E-state index contributed by atoms with van der Waals surface area (Å²) >= 11 is 0. The molecule has 0 bridgehead atoms. The monoisotopic (exact) mass is 684 g/mol. The van der Waals surface area contributed by atoms with E-state index in [1.165, 1.54) is 39.0 Å². The van der Waals surface area contributed by atoms with Crippen LogP contribution < -0.4 is 18.9 Å². The molecule has 0 fully saturated rings. The average Bonchev–Trinajstić information content (AvgIpc) is 3.10. The first-order valence-corrected chi connectivity index (χ1v) is 15.3. The Kier molecular flexibility index (Phi) is 11.7. The Morgan fingerprint density at radius 1 is 0.529 bits per heavy atom. The Morgan fingerprint density at radius 2 is 0.922 bits per heavy atom. The normalized spacial score (nSPS) is 10.1. The fraction of sp³-hybridized carbons (Fsp3) is 0.0952. The molecule has 0 amide bonds. The van der Waals surface area contributed by atoms with E-state index in [0.29, 0.717) is 16.9 Å². The summed E-state index contributed by atoms with van der Waals surface area (Å²) in [6.45, 7) is 20.2. The van der Waals surface area contributed by atoms with Gasteiger partial charge in [-0.2, -0.15) is 0 Å². The molecule has 8 nitrogen and oxygen atoms in total. The molecule has 4 aromatic rings. The summed E-state index contributed by atoms with van der Waals surface area (Å²) in [4.78, 5) is 49.2. The molecule has 0 heterocycles. The molecule has 0 aliphatic rings. The lowest BCUT2D eigenvalue weighted by Gasteiger charge is -2.16. The minimum Gasteiger partial charge on any atom is -0.423 e. The van der Waals surface area contributed by atoms with Crippen LogP contribution in [0.5, 0.6) is 23.0 Å². The van der Waals surface area contributed by atoms with E-state index in [4.69, 9.17) is 18.9 Å². The van der Waals surface area contributed by atoms with Crippen molar-refractivity contribution in [3.63, 3.8) is 0 Å². The first-order valence-electron chi connectivity index (χ1n) is 15.3. The van der Waals surface area contributed by atoms with Crippen LogP contribution in [-0.4, -0.2) is 23.9 Å². The van der Waals surface area contributed by atoms with Crippen LogP contribution in [0.15, 0.2) is 127 Å². The fourth-order valence-corrected chi connectivity index (χ4v) is 4.17. The third-order valence-corrected chi connectivity index (χ3v) is 6.97. The molecule has 0 saturated heterocycles. The van der Waals surface area contributed by atoms with Gasteiger partial charge in [-0.25, -0.2) is 23.6 Å². The van der Waals surface area contributed by atoms with E-state index in [-0.39, 0.29) is 44.9 Å². The molecule has 0 saturated carbocycles. The van der Waals surface area contributed by atoms with Crippen molar-refractivity contribution in [2.75, 3.05) is 0 Å². The molecule has 256 valence electrons. The predicted octanol–water partition coefficient (Wildman–Crippen LogP) is 8.49. The van der Waals surface area contributed by atoms with E-state index in [0.717, 1.165) is 11.1 Å². The topological polar surface area (TPSA) is 105 Å². The number of benzene rings is 4. The van der Waals surface area contributed by atoms with E-state index in [9.17, 15) is 19.2 Å². The van der Waals surface area contributed by atoms with Crippen LogP contribution in [0.2, 0.25) is 0 Å². The summed E-state index contributed by atoms with van der Waals surface area (Å²) in [5, 5.41) is 0. The third-order valence-electron chi connectivity index (χ3n) is 6.97. The molecule has 0 unspecified atom stereocenters. The van der Waals surface area contributed by atoms with Crippen molar-refractivity contribution in [3.05, 3.63) is 144 Å². The molecular formula is C42H33FO8. The zero-order valence-electron chi connectivity index (χ0n) is 28.5. The SMILES string of the molecule is C=C(C)C(=O)Oc1ccc(C#Cc2c(OC(=O)C(=C)C)cc(-c3ccc(-c4ccc(OC(=O)C(=C)C)cc4)cc3)c(F)c2OC(=O)C(=C)C)cc1. The van der Waals surface area contributed by atoms with Crippen molar-refractivity contribution >= 4 is 23.9 Å². The van der Waals surface area contributed by atoms with Gasteiger partial charge in [0.2, 0.25) is 0 Å². The molecule has 0 aromatic heterocycles. The van der Waals surface area contributed by atoms with Crippen molar-refractivity contribution in [2.45, 2.75) is 27.7 Å². The van der Waals surface area contributed by atoms with Crippen molar-refractivity contribution in [1.82, 2.24) is 0 Å². The van der Waals surface area contributed by atoms with E-state index < -0.39 is 35.4 Å². The number of hydrogen-bond donors (Lipinski definition) is 0. The molecule has 0 aliphatic heterocycles. The van der Waals surface area contributed by atoms with Crippen LogP contribution in [0.3, 0.4) is 0 Å². The maximum Gasteiger partial charge on any atom is 0.338 e. The minimum absolute atomic E-state index is 0.0103. The van der Waals surface area contributed by atoms with Crippen molar-refractivity contribution in [1.29, 1.82) is 0 Å². The highest BCUT2D eigenvalue weighted by Gasteiger charge is 2.25. The van der Waals surface area contributed by atoms with Crippen molar-refractivity contribution in [3.8, 4) is 57.1 Å². The first-order chi connectivity index (χ1) is 24.1. The fourth-order valence-electron chi connectivity index (χ4n) is 4.17. The Morgan fingerprint density at radius 3 is 1.39 bits per heavy atom. The number of rotatable bonds is 10. The van der Waals surface area contributed by atoms with Gasteiger partial charge >= 0.3 is 23.9 Å². The van der Waals surface area contributed by atoms with E-state index in [1.807, 2.05) is 0 Å². The number of carbonyl (C=O) groups is 4. The molecule has 0 spiro atoms. The molecule has 0 aliphatic carbocycles. The Balaban J connectivity index is 1.79. The Hall–Kier alpha value is -6.79. The minimum atomic E-state index is -0.942. The molecule has 0 atom stereocenters. The largest absolute Gasteiger partial charge is 0.423 e. The van der Waals surface area contributed by atoms with Gasteiger partial charge < -0.3 is 18.9 Å². The van der Waals surface area contributed by atoms with Crippen LogP contribution in [-0.2, 0) is 19.2 Å². The molecule has 9 heteroatoms. The maximum absolute atomic E-state index is 16.5. The van der Waals surface area contributed by atoms with Gasteiger partial charge in [-0.3, -0.25) is 0 Å². The second-order valence-electron chi connectivity index (χ2n) is 11.5. The highest BCUT2D eigenvalue weighted by atomic mass is 19.1. The number of esters is 4. The molecule has 0 N–H and O–H groups in total. The Labute approximate surface area is 295 Å². The summed E-state index contributed by atoms with van der Waals surface area (Å²) in [5.41, 5.74) is 2.61. The van der Waals surface area contributed by atoms with Gasteiger partial charge in [-0.1, -0.05) is 74.6 Å². The van der Waals surface area contributed by atoms with Gasteiger partial charge in [-0.05, 0) is 86.8 Å². The van der Waals surface area contributed by atoms with E-state index in [1.54, 1.807) is 67.6 Å². The predicted molar refractivity (Wildman–Crippen MR) is 191 cm³/mol. The second-order valence-corrected chi connectivity index (χ2v) is 11.5. The van der Waals surface area contributed by atoms with Gasteiger partial charge in [0.15, 0.2) is 17.3 Å². The zero-order chi connectivity index (χ0) is 37.4. The third kappa shape index (κ3) is 9.43. The lowest BCUT2D eigenvalue weighted by Crippen LogP contribution is -2.14. The van der Waals surface area contributed by atoms with Crippen molar-refractivity contribution in [2.24, 2.45) is 0 Å². The van der Waals surface area contributed by atoms with E-state index >= 15 is 4.39 Å². The standard InChI is InChI=1S/C42H33FO8/c1-24(2)39(44)48-32-18-9-28(10-19-32)11-22-34-36(50-41(46)26(5)6)23-35(37(43)38(34)51-42(47)27(7)8)31-14-12-29(13-15-31)30-16-20-33(21-17-30)49-40(45)25(3)4/h9-10,12-21,23H,1,3,5,7H2,2,4,6,8H3. The Bertz CT molecular complexity index is 2160. The van der Waals surface area contributed by atoms with Crippen LogP contribution in [0.4, 0.5) is 4.39 Å². The summed E-state index contributed by atoms with van der Waals surface area (Å²) in [7, 11) is 0. The quantitative estimate of drug-likeness (QED) is 0.0709. The van der Waals surface area contributed by atoms with Gasteiger partial charge in [0.1, 0.15) is 17.1 Å². The van der Waals surface area contributed by atoms with Crippen LogP contribution >= 0.6 is 0 Å². The molecule has 51 heavy (non-hydrogen) atoms. The van der Waals surface area contributed by atoms with Gasteiger partial charge in [-0.15, -0.1) is 0 Å². The molecule has 4 rings (SSSR count). The summed E-state index contributed by atoms with van der Waals surface area (Å²) in [5.74, 6) is 1.65. The maximum atomic E-state index is 16.5. The van der Waals surface area contributed by atoms with Crippen LogP contribution in [0, 0.1) is 17.7 Å². The lowest BCUT2D eigenvalue weighted by atomic mass is 9.97. The lowest BCUT2D eigenvalue weighted by molar-refractivity contribution is -0.131. The molecule has 0 radical (unpaired) electrons. The zero-order valence-corrected chi connectivity index (χ0v) is 28.5. The van der Waals surface area contributed by atoms with Gasteiger partial charge in [0.05, 0.1) is 0 Å². The van der Waals surface area contributed by atoms with Crippen LogP contribution in [0.1, 0.15) is 38.8 Å². The smallest absolute Gasteiger partial charge is 0.338 e. The summed E-state index contributed by atoms with van der Waals surface area (Å²) in [6.07, 6.45) is 0. The van der Waals surface area contributed by atoms with Gasteiger partial charge in [0.25, 0.3) is 0 Å². The van der Waals surface area contributed by atoms with E-state index in [2.05, 4.69) is 38.2 Å². The number of hydrogen-bond acceptors (Lipinski definition) is 8. The van der Waals surface area contributed by atoms with Crippen molar-refractivity contribution < 1.29 is 42.5 Å². The molecule has 4 aromatic carbocycles. The summed E-state index contributed by atoms with van der Waals surface area (Å²) in [6, 6.07) is 21.0. The van der Waals surface area contributed by atoms with Crippen LogP contribution in [0.25, 0.3) is 22.3 Å². The average molecular weight is 685 g/mol. The number of ether oxygens (including phenoxy) is 4. The molecular weight excluding hydrogens is 651 g/mol. The highest BCUT2D eigenvalue weighted by Crippen LogP contribution is 2.40.